The van der Waals surface area contributed by atoms with E-state index in [1.807, 2.05) is 24.3 Å². The number of benzene rings is 6. The molecular formula is C92H102N14O16S2. The average Bonchev–Trinajstić information content (AvgIpc) is 1.15. The van der Waals surface area contributed by atoms with Gasteiger partial charge in [0.15, 0.2) is 0 Å². The number of aromatic amines is 2. The van der Waals surface area contributed by atoms with E-state index in [9.17, 15) is 56.9 Å². The van der Waals surface area contributed by atoms with Crippen LogP contribution in [0, 0.1) is 31.1 Å². The number of aliphatic hydroxyl groups excluding tert-OH is 2. The summed E-state index contributed by atoms with van der Waals surface area (Å²) in [5, 5.41) is 51.0. The van der Waals surface area contributed by atoms with Crippen molar-refractivity contribution in [3.63, 3.8) is 0 Å². The van der Waals surface area contributed by atoms with Gasteiger partial charge in [0.2, 0.25) is 0 Å². The van der Waals surface area contributed by atoms with E-state index in [0.717, 1.165) is 98.0 Å². The highest BCUT2D eigenvalue weighted by molar-refractivity contribution is 7.90. The predicted octanol–water partition coefficient (Wildman–Crippen LogP) is 14.8. The molecular weight excluding hydrogens is 1620 g/mol. The van der Waals surface area contributed by atoms with Crippen LogP contribution in [0.25, 0.3) is 22.1 Å². The summed E-state index contributed by atoms with van der Waals surface area (Å²) in [6.07, 6.45) is 24.7. The Bertz CT molecular complexity index is 5590. The van der Waals surface area contributed by atoms with Crippen LogP contribution in [-0.4, -0.2) is 181 Å². The molecule has 8 N–H and O–H groups in total. The smallest absolute Gasteiger partial charge is 0.293 e. The lowest BCUT2D eigenvalue weighted by Gasteiger charge is -2.56. The number of ether oxygens (including phenoxy) is 4. The van der Waals surface area contributed by atoms with Gasteiger partial charge in [-0.3, -0.25) is 39.6 Å². The number of carbonyl (C=O) groups excluding carboxylic acids is 2. The Kier molecular flexibility index (Phi) is 22.7. The van der Waals surface area contributed by atoms with E-state index in [4.69, 9.17) is 18.9 Å². The first-order valence-corrected chi connectivity index (χ1v) is 46.5. The van der Waals surface area contributed by atoms with Gasteiger partial charge < -0.3 is 59.6 Å². The van der Waals surface area contributed by atoms with Crippen molar-refractivity contribution in [2.24, 2.45) is 10.8 Å². The van der Waals surface area contributed by atoms with Crippen LogP contribution < -0.4 is 39.4 Å². The summed E-state index contributed by atoms with van der Waals surface area (Å²) in [6.45, 7) is 6.42. The second-order valence-electron chi connectivity index (χ2n) is 35.6. The van der Waals surface area contributed by atoms with Crippen molar-refractivity contribution < 1.29 is 65.4 Å². The minimum Gasteiger partial charge on any atom is -0.455 e. The van der Waals surface area contributed by atoms with Gasteiger partial charge in [0.1, 0.15) is 45.7 Å². The molecule has 648 valence electrons. The van der Waals surface area contributed by atoms with E-state index >= 15 is 0 Å². The lowest BCUT2D eigenvalue weighted by Crippen LogP contribution is -2.54. The molecule has 6 saturated heterocycles. The number of pyridine rings is 2. The van der Waals surface area contributed by atoms with Gasteiger partial charge in [0, 0.05) is 135 Å². The SMILES string of the molecule is O=C(NS(=O)(=O)c1ccc(NCC2CC(O)CO2)c([N+](=O)[O-])c1)c1ccc(N2CCC3(CC2)CC(N2CCC[C@H]2c2ccccc2C2CC2)C3)cc1Oc1cnc2[nH]ccc2c1.O=C(NS(=O)(=O)c1ccc(NCC2CC(O)CO2)c([N+](=O)[O-])c1)c1ccc(N2CCC3(CC2)CC(N2CCC[C@H]2c2ccccc2C2CC2)C3)cc1Oc1cnc2[nH]ccc2c1. The molecule has 4 aromatic heterocycles. The molecule has 4 aliphatic carbocycles. The fourth-order valence-electron chi connectivity index (χ4n) is 20.6. The summed E-state index contributed by atoms with van der Waals surface area (Å²) in [5.74, 6) is 0.584. The summed E-state index contributed by atoms with van der Waals surface area (Å²) < 4.78 is 82.4. The van der Waals surface area contributed by atoms with Gasteiger partial charge in [0.05, 0.1) is 80.8 Å². The lowest BCUT2D eigenvalue weighted by atomic mass is 9.59. The first kappa shape index (κ1) is 82.5. The minimum absolute atomic E-state index is 0.0308. The highest BCUT2D eigenvalue weighted by Crippen LogP contribution is 2.58. The van der Waals surface area contributed by atoms with Crippen LogP contribution in [-0.2, 0) is 29.5 Å². The molecule has 2 spiro atoms. The number of amides is 2. The van der Waals surface area contributed by atoms with E-state index in [1.165, 1.54) is 127 Å². The van der Waals surface area contributed by atoms with Crippen LogP contribution in [0.4, 0.5) is 34.1 Å². The standard InChI is InChI=1S/2C46H51N7O8S/c2*54-33-22-34(60-28-33)26-48-40-12-10-36(23-42(40)53(56)57)62(58,59)50-45(55)39-11-9-31(21-43(39)61-35-20-30-13-16-47-44(30)49-27-35)51-18-14-46(15-19-51)24-32(25-46)52-17-3-6-41(52)38-5-2-1-4-37(38)29-7-8-29/h2*1-2,4-5,9-13,16,20-21,23,27,29,32-34,41,48,54H,3,6-8,14-15,17-19,22,24-26,28H2,(H,47,49)(H,50,55)/t2*33?,34?,41-/m00/s1. The van der Waals surface area contributed by atoms with Crippen molar-refractivity contribution >= 4 is 88.1 Å². The fourth-order valence-corrected chi connectivity index (χ4v) is 22.6. The quantitative estimate of drug-likeness (QED) is 0.0184. The molecule has 10 aromatic rings. The number of aromatic nitrogens is 4. The van der Waals surface area contributed by atoms with Crippen molar-refractivity contribution in [3.05, 3.63) is 224 Å². The van der Waals surface area contributed by atoms with Crippen LogP contribution in [0.15, 0.2) is 180 Å². The summed E-state index contributed by atoms with van der Waals surface area (Å²) in [5.41, 5.74) is 9.03. The monoisotopic (exact) mass is 1720 g/mol. The van der Waals surface area contributed by atoms with Crippen LogP contribution >= 0.6 is 0 Å². The third kappa shape index (κ3) is 17.5. The van der Waals surface area contributed by atoms with Crippen molar-refractivity contribution in [1.29, 1.82) is 0 Å². The number of nitro groups is 2. The van der Waals surface area contributed by atoms with E-state index in [-0.39, 0.29) is 72.5 Å². The number of nitrogens with one attached hydrogen (secondary N) is 6. The molecule has 4 unspecified atom stereocenters. The number of anilines is 4. The average molecular weight is 1720 g/mol. The molecule has 6 atom stereocenters. The Morgan fingerprint density at radius 3 is 1.29 bits per heavy atom. The van der Waals surface area contributed by atoms with Gasteiger partial charge >= 0.3 is 0 Å². The maximum atomic E-state index is 13.9. The number of aliphatic hydroxyl groups is 2. The summed E-state index contributed by atoms with van der Waals surface area (Å²) in [6, 6.07) is 44.9. The molecule has 6 aromatic carbocycles. The normalized spacial score (nSPS) is 22.8. The second kappa shape index (κ2) is 34.1. The highest BCUT2D eigenvalue weighted by Gasteiger charge is 2.52. The largest absolute Gasteiger partial charge is 0.455 e. The Morgan fingerprint density at radius 2 is 0.911 bits per heavy atom. The zero-order valence-corrected chi connectivity index (χ0v) is 70.4. The van der Waals surface area contributed by atoms with Crippen molar-refractivity contribution in [2.75, 3.05) is 86.0 Å². The third-order valence-electron chi connectivity index (χ3n) is 27.5. The molecule has 10 aliphatic rings. The molecule has 30 nitrogen and oxygen atoms in total. The van der Waals surface area contributed by atoms with Crippen LogP contribution in [0.5, 0.6) is 23.0 Å². The molecule has 4 saturated carbocycles. The summed E-state index contributed by atoms with van der Waals surface area (Å²) in [7, 11) is -9.16. The van der Waals surface area contributed by atoms with Crippen molar-refractivity contribution in [2.45, 2.75) is 186 Å². The molecule has 0 bridgehead atoms. The molecule has 10 heterocycles. The zero-order chi connectivity index (χ0) is 85.2. The first-order chi connectivity index (χ1) is 60.0. The Morgan fingerprint density at radius 1 is 0.508 bits per heavy atom. The van der Waals surface area contributed by atoms with Gasteiger partial charge in [-0.1, -0.05) is 48.5 Å². The number of nitro benzene ring substituents is 2. The third-order valence-corrected chi connectivity index (χ3v) is 30.2. The fraction of sp³-hybridized carbons (Fsp3) is 0.435. The molecule has 20 rings (SSSR count). The first-order valence-electron chi connectivity index (χ1n) is 43.5. The van der Waals surface area contributed by atoms with E-state index in [1.54, 1.807) is 71.0 Å². The zero-order valence-electron chi connectivity index (χ0n) is 68.7. The maximum Gasteiger partial charge on any atom is 0.293 e. The van der Waals surface area contributed by atoms with Gasteiger partial charge in [-0.2, -0.15) is 0 Å². The van der Waals surface area contributed by atoms with Gasteiger partial charge in [0.25, 0.3) is 43.2 Å². The van der Waals surface area contributed by atoms with E-state index in [2.05, 4.69) is 108 Å². The predicted molar refractivity (Wildman–Crippen MR) is 466 cm³/mol. The number of carbonyl (C=O) groups is 2. The molecule has 6 aliphatic heterocycles. The molecule has 10 fully saturated rings. The maximum absolute atomic E-state index is 13.9. The summed E-state index contributed by atoms with van der Waals surface area (Å²) in [4.78, 5) is 74.8. The van der Waals surface area contributed by atoms with Gasteiger partial charge in [-0.25, -0.2) is 36.2 Å². The Balaban J connectivity index is 0.000000163. The number of sulfonamides is 2. The van der Waals surface area contributed by atoms with Crippen LogP contribution in [0.3, 0.4) is 0 Å². The number of fused-ring (bicyclic) bond motifs is 2. The molecule has 0 radical (unpaired) electrons. The topological polar surface area (TPSA) is 385 Å². The van der Waals surface area contributed by atoms with Gasteiger partial charge in [-0.15, -0.1) is 0 Å². The van der Waals surface area contributed by atoms with Crippen molar-refractivity contribution in [1.82, 2.24) is 39.2 Å². The second-order valence-corrected chi connectivity index (χ2v) is 39.0. The van der Waals surface area contributed by atoms with E-state index < -0.39 is 75.1 Å². The van der Waals surface area contributed by atoms with Crippen LogP contribution in [0.1, 0.15) is 182 Å². The number of nitrogens with zero attached hydrogens (tertiary/aromatic N) is 8. The molecule has 124 heavy (non-hydrogen) atoms. The number of hydrogen-bond acceptors (Lipinski definition) is 24. The molecule has 2 amide bonds. The number of likely N-dealkylation sites (tertiary alicyclic amines) is 2. The number of rotatable bonds is 26. The highest BCUT2D eigenvalue weighted by atomic mass is 32.2. The minimum atomic E-state index is -4.58. The number of piperidine rings is 2. The van der Waals surface area contributed by atoms with Gasteiger partial charge in [-0.05, 0) is 234 Å². The Hall–Kier alpha value is -11.1. The van der Waals surface area contributed by atoms with E-state index in [0.29, 0.717) is 70.6 Å². The van der Waals surface area contributed by atoms with Crippen molar-refractivity contribution in [3.8, 4) is 23.0 Å². The Labute approximate surface area is 718 Å². The van der Waals surface area contributed by atoms with Crippen LogP contribution in [0.2, 0.25) is 0 Å². The summed E-state index contributed by atoms with van der Waals surface area (Å²) >= 11 is 0. The number of hydrogen-bond donors (Lipinski definition) is 8. The number of H-pyrrole nitrogens is 2. The lowest BCUT2D eigenvalue weighted by molar-refractivity contribution is -0.384. The molecule has 32 heteroatoms.